The van der Waals surface area contributed by atoms with Crippen LogP contribution in [-0.4, -0.2) is 45.3 Å². The average Bonchev–Trinajstić information content (AvgIpc) is 2.05. The van der Waals surface area contributed by atoms with Crippen LogP contribution in [0.25, 0.3) is 0 Å². The molecule has 0 saturated heterocycles. The summed E-state index contributed by atoms with van der Waals surface area (Å²) in [6.45, 7) is 7.16. The van der Waals surface area contributed by atoms with E-state index in [0.29, 0.717) is 6.54 Å². The first kappa shape index (κ1) is 11.6. The zero-order valence-electron chi connectivity index (χ0n) is 8.18. The maximum atomic E-state index is 5.42. The van der Waals surface area contributed by atoms with Crippen molar-refractivity contribution in [3.63, 3.8) is 0 Å². The highest BCUT2D eigenvalue weighted by Gasteiger charge is 1.98. The van der Waals surface area contributed by atoms with Gasteiger partial charge in [-0.3, -0.25) is 0 Å². The first-order valence-electron chi connectivity index (χ1n) is 4.25. The van der Waals surface area contributed by atoms with E-state index in [-0.39, 0.29) is 0 Å². The van der Waals surface area contributed by atoms with Gasteiger partial charge in [-0.2, -0.15) is 0 Å². The van der Waals surface area contributed by atoms with Crippen LogP contribution in [0.2, 0.25) is 0 Å². The number of ether oxygens (including phenoxy) is 1. The molecule has 0 rings (SSSR count). The fourth-order valence-electron chi connectivity index (χ4n) is 1.00. The van der Waals surface area contributed by atoms with E-state index in [4.69, 9.17) is 10.5 Å². The summed E-state index contributed by atoms with van der Waals surface area (Å²) >= 11 is 0. The second-order valence-corrected chi connectivity index (χ2v) is 3.04. The Morgan fingerprint density at radius 2 is 2.25 bits per heavy atom. The number of nitrogens with zero attached hydrogens (tertiary/aromatic N) is 1. The van der Waals surface area contributed by atoms with Crippen LogP contribution in [-0.2, 0) is 4.74 Å². The van der Waals surface area contributed by atoms with Gasteiger partial charge in [0, 0.05) is 33.4 Å². The second kappa shape index (κ2) is 7.28. The molecule has 2 N–H and O–H groups in total. The maximum absolute atomic E-state index is 5.42. The van der Waals surface area contributed by atoms with Crippen molar-refractivity contribution in [3.8, 4) is 0 Å². The molecule has 0 spiro atoms. The lowest BCUT2D eigenvalue weighted by Crippen LogP contribution is -2.25. The fraction of sp³-hybridized carbons (Fsp3) is 0.778. The third-order valence-corrected chi connectivity index (χ3v) is 1.67. The van der Waals surface area contributed by atoms with E-state index in [0.717, 1.165) is 31.7 Å². The Balaban J connectivity index is 3.32. The highest BCUT2D eigenvalue weighted by Crippen LogP contribution is 1.93. The number of methoxy groups -OCH3 is 1. The van der Waals surface area contributed by atoms with Crippen LogP contribution in [0.15, 0.2) is 12.2 Å². The molecule has 0 fully saturated rings. The molecule has 72 valence electrons. The minimum Gasteiger partial charge on any atom is -0.385 e. The van der Waals surface area contributed by atoms with Gasteiger partial charge in [0.1, 0.15) is 0 Å². The lowest BCUT2D eigenvalue weighted by Gasteiger charge is -2.16. The first-order chi connectivity index (χ1) is 5.70. The Bertz CT molecular complexity index is 126. The predicted molar refractivity (Wildman–Crippen MR) is 52.2 cm³/mol. The highest BCUT2D eigenvalue weighted by atomic mass is 16.5. The fourth-order valence-corrected chi connectivity index (χ4v) is 1.00. The SMILES string of the molecule is C=C(CN)CN(C)CCCOC. The molecule has 3 heteroatoms. The zero-order chi connectivity index (χ0) is 9.40. The van der Waals surface area contributed by atoms with Crippen molar-refractivity contribution in [2.24, 2.45) is 5.73 Å². The maximum Gasteiger partial charge on any atom is 0.0474 e. The Hall–Kier alpha value is -0.380. The van der Waals surface area contributed by atoms with Crippen LogP contribution in [0.5, 0.6) is 0 Å². The molecule has 0 aliphatic rings. The quantitative estimate of drug-likeness (QED) is 0.448. The lowest BCUT2D eigenvalue weighted by molar-refractivity contribution is 0.181. The summed E-state index contributed by atoms with van der Waals surface area (Å²) < 4.78 is 4.95. The molecule has 0 atom stereocenters. The van der Waals surface area contributed by atoms with E-state index in [1.54, 1.807) is 7.11 Å². The van der Waals surface area contributed by atoms with Gasteiger partial charge < -0.3 is 15.4 Å². The van der Waals surface area contributed by atoms with Crippen molar-refractivity contribution in [3.05, 3.63) is 12.2 Å². The van der Waals surface area contributed by atoms with Crippen molar-refractivity contribution >= 4 is 0 Å². The van der Waals surface area contributed by atoms with Gasteiger partial charge in [-0.05, 0) is 19.0 Å². The van der Waals surface area contributed by atoms with Crippen molar-refractivity contribution in [1.82, 2.24) is 4.90 Å². The molecule has 0 heterocycles. The van der Waals surface area contributed by atoms with Crippen LogP contribution in [0.3, 0.4) is 0 Å². The Labute approximate surface area is 75.2 Å². The molecule has 0 aromatic carbocycles. The van der Waals surface area contributed by atoms with Crippen LogP contribution in [0, 0.1) is 0 Å². The lowest BCUT2D eigenvalue weighted by atomic mass is 10.3. The minimum atomic E-state index is 0.578. The van der Waals surface area contributed by atoms with Crippen LogP contribution < -0.4 is 5.73 Å². The molecular weight excluding hydrogens is 152 g/mol. The minimum absolute atomic E-state index is 0.578. The number of hydrogen-bond acceptors (Lipinski definition) is 3. The molecule has 0 bridgehead atoms. The normalized spacial score (nSPS) is 10.7. The summed E-state index contributed by atoms with van der Waals surface area (Å²) in [5.74, 6) is 0. The molecule has 0 radical (unpaired) electrons. The molecule has 0 aliphatic heterocycles. The van der Waals surface area contributed by atoms with Crippen molar-refractivity contribution in [2.75, 3.05) is 40.4 Å². The smallest absolute Gasteiger partial charge is 0.0474 e. The number of rotatable bonds is 7. The van der Waals surface area contributed by atoms with Crippen LogP contribution >= 0.6 is 0 Å². The summed E-state index contributed by atoms with van der Waals surface area (Å²) in [6, 6.07) is 0. The molecule has 0 aromatic rings. The first-order valence-corrected chi connectivity index (χ1v) is 4.25. The van der Waals surface area contributed by atoms with Gasteiger partial charge in [0.05, 0.1) is 0 Å². The topological polar surface area (TPSA) is 38.5 Å². The summed E-state index contributed by atoms with van der Waals surface area (Å²) in [5.41, 5.74) is 6.50. The predicted octanol–water partition coefficient (Wildman–Crippen LogP) is 0.470. The van der Waals surface area contributed by atoms with Crippen LogP contribution in [0.1, 0.15) is 6.42 Å². The Morgan fingerprint density at radius 3 is 2.75 bits per heavy atom. The molecule has 0 aliphatic carbocycles. The number of nitrogens with two attached hydrogens (primary N) is 1. The standard InChI is InChI=1S/C9H20N2O/c1-9(7-10)8-11(2)5-4-6-12-3/h1,4-8,10H2,2-3H3. The largest absolute Gasteiger partial charge is 0.385 e. The van der Waals surface area contributed by atoms with Gasteiger partial charge in [0.25, 0.3) is 0 Å². The molecular formula is C9H20N2O. The van der Waals surface area contributed by atoms with Crippen molar-refractivity contribution in [1.29, 1.82) is 0 Å². The average molecular weight is 172 g/mol. The number of likely N-dealkylation sites (N-methyl/N-ethyl adjacent to an activating group) is 1. The van der Waals surface area contributed by atoms with E-state index >= 15 is 0 Å². The monoisotopic (exact) mass is 172 g/mol. The Morgan fingerprint density at radius 1 is 1.58 bits per heavy atom. The van der Waals surface area contributed by atoms with E-state index in [1.165, 1.54) is 0 Å². The summed E-state index contributed by atoms with van der Waals surface area (Å²) in [4.78, 5) is 2.20. The summed E-state index contributed by atoms with van der Waals surface area (Å²) in [6.07, 6.45) is 1.06. The molecule has 0 unspecified atom stereocenters. The van der Waals surface area contributed by atoms with E-state index in [1.807, 2.05) is 0 Å². The summed E-state index contributed by atoms with van der Waals surface area (Å²) in [7, 11) is 3.79. The molecule has 0 saturated carbocycles. The van der Waals surface area contributed by atoms with Crippen molar-refractivity contribution < 1.29 is 4.74 Å². The van der Waals surface area contributed by atoms with Gasteiger partial charge in [0.15, 0.2) is 0 Å². The van der Waals surface area contributed by atoms with Crippen molar-refractivity contribution in [2.45, 2.75) is 6.42 Å². The van der Waals surface area contributed by atoms with Gasteiger partial charge in [-0.25, -0.2) is 0 Å². The zero-order valence-corrected chi connectivity index (χ0v) is 8.18. The third kappa shape index (κ3) is 6.34. The highest BCUT2D eigenvalue weighted by molar-refractivity contribution is 4.97. The van der Waals surface area contributed by atoms with Crippen LogP contribution in [0.4, 0.5) is 0 Å². The number of hydrogen-bond donors (Lipinski definition) is 1. The molecule has 0 amide bonds. The second-order valence-electron chi connectivity index (χ2n) is 3.04. The van der Waals surface area contributed by atoms with E-state index < -0.39 is 0 Å². The van der Waals surface area contributed by atoms with Gasteiger partial charge in [0.2, 0.25) is 0 Å². The van der Waals surface area contributed by atoms with E-state index in [9.17, 15) is 0 Å². The Kier molecular flexibility index (Phi) is 7.05. The third-order valence-electron chi connectivity index (χ3n) is 1.67. The summed E-state index contributed by atoms with van der Waals surface area (Å²) in [5, 5.41) is 0. The van der Waals surface area contributed by atoms with Gasteiger partial charge in [-0.15, -0.1) is 0 Å². The molecule has 3 nitrogen and oxygen atoms in total. The molecule has 0 aromatic heterocycles. The van der Waals surface area contributed by atoms with Gasteiger partial charge >= 0.3 is 0 Å². The van der Waals surface area contributed by atoms with E-state index in [2.05, 4.69) is 18.5 Å². The van der Waals surface area contributed by atoms with Gasteiger partial charge in [-0.1, -0.05) is 6.58 Å². The molecule has 12 heavy (non-hydrogen) atoms.